The van der Waals surface area contributed by atoms with Gasteiger partial charge in [0.2, 0.25) is 0 Å². The van der Waals surface area contributed by atoms with Gasteiger partial charge in [0.15, 0.2) is 0 Å². The van der Waals surface area contributed by atoms with Crippen LogP contribution in [0.15, 0.2) is 228 Å². The molecule has 464 valence electrons. The van der Waals surface area contributed by atoms with Crippen LogP contribution in [0.3, 0.4) is 0 Å². The molecular formula is C67H63Br2F3N5NaO12. The van der Waals surface area contributed by atoms with E-state index >= 15 is 0 Å². The molecule has 8 aromatic rings. The number of aryl methyl sites for hydroxylation is 3. The first kappa shape index (κ1) is 78.8. The molecule has 17 nitrogen and oxygen atoms in total. The zero-order chi connectivity index (χ0) is 66.5. The van der Waals surface area contributed by atoms with Gasteiger partial charge in [0.1, 0.15) is 0 Å². The first-order valence-electron chi connectivity index (χ1n) is 25.9. The SMILES string of the molecule is C=CC(=O)OC.COC(=O)/C=C/c1ccc(NC(=O)c2cccc(C)c2)cc1.Cc1cccc(C(=O)Nc2ccc(/C=C/C(=O)O)cc2)c1.Cc1cccc(C(=O)O)c1.Nc1ccc(Br)cc1.O=C(Nc1ccc(Br)cc1)c1cccc(C(F)(F)F)c1.[NH-]O.[Na+]. The quantitative estimate of drug-likeness (QED) is 0.0197. The molecule has 90 heavy (non-hydrogen) atoms. The Morgan fingerprint density at radius 1 is 0.500 bits per heavy atom. The van der Waals surface area contributed by atoms with Gasteiger partial charge < -0.3 is 52.5 Å². The number of carboxylic acids is 2. The van der Waals surface area contributed by atoms with Crippen molar-refractivity contribution in [3.8, 4) is 0 Å². The van der Waals surface area contributed by atoms with Crippen molar-refractivity contribution in [3.05, 3.63) is 289 Å². The molecule has 0 aliphatic rings. The molecule has 0 fully saturated rings. The number of aromatic carboxylic acids is 1. The summed E-state index contributed by atoms with van der Waals surface area (Å²) in [4.78, 5) is 77.7. The van der Waals surface area contributed by atoms with Crippen molar-refractivity contribution in [1.82, 2.24) is 0 Å². The number of nitrogens with one attached hydrogen (secondary N) is 4. The van der Waals surface area contributed by atoms with Crippen LogP contribution in [0.2, 0.25) is 0 Å². The van der Waals surface area contributed by atoms with Crippen LogP contribution in [0.5, 0.6) is 0 Å². The zero-order valence-electron chi connectivity index (χ0n) is 49.6. The summed E-state index contributed by atoms with van der Waals surface area (Å²) in [6.07, 6.45) is 2.21. The number of esters is 2. The summed E-state index contributed by atoms with van der Waals surface area (Å²) in [6.45, 7) is 8.90. The van der Waals surface area contributed by atoms with Crippen molar-refractivity contribution in [2.45, 2.75) is 26.9 Å². The number of nitrogen functional groups attached to an aromatic ring is 1. The van der Waals surface area contributed by atoms with Crippen LogP contribution >= 0.6 is 31.9 Å². The van der Waals surface area contributed by atoms with Gasteiger partial charge in [-0.1, -0.05) is 122 Å². The van der Waals surface area contributed by atoms with Gasteiger partial charge in [0.05, 0.1) is 25.3 Å². The summed E-state index contributed by atoms with van der Waals surface area (Å²) in [5.41, 5.74) is 13.4. The summed E-state index contributed by atoms with van der Waals surface area (Å²) in [7, 11) is 2.64. The first-order valence-corrected chi connectivity index (χ1v) is 27.5. The number of benzene rings is 8. The molecule has 0 saturated heterocycles. The fraction of sp³-hybridized carbons (Fsp3) is 0.0896. The number of halogens is 5. The third-order valence-electron chi connectivity index (χ3n) is 11.0. The van der Waals surface area contributed by atoms with E-state index < -0.39 is 41.5 Å². The number of nitrogens with two attached hydrogens (primary N) is 1. The van der Waals surface area contributed by atoms with Gasteiger partial charge in [-0.15, -0.1) is 0 Å². The fourth-order valence-corrected chi connectivity index (χ4v) is 7.16. The maximum Gasteiger partial charge on any atom is 1.00 e. The van der Waals surface area contributed by atoms with Crippen molar-refractivity contribution in [2.24, 2.45) is 0 Å². The standard InChI is InChI=1S/C18H17NO3.C17H15NO3.C14H9BrF3NO.C8H8O2.C6H6BrN.C4H6O2.H2NO.Na/c1-13-4-3-5-15(12-13)18(21)19-16-9-6-14(7-10-16)8-11-17(20)22-2;1-12-3-2-4-14(11-12)17(21)18-15-8-5-13(6-9-15)7-10-16(19)20;15-11-4-6-12(7-5-11)19-13(20)9-2-1-3-10(8-9)14(16,17)18;1-6-3-2-4-7(5-6)8(9)10;7-5-1-3-6(8)4-2-5;1-3-4(5)6-2;1-2;/h3-12H,1-2H3,(H,19,21);2-11H,1H3,(H,18,21)(H,19,20);1-8H,(H,19,20);2-5H,1H3,(H,9,10);1-4H,8H2;3H,1H2,2H3;1-2H;/q;;;;;;-1;+1/b11-8+;10-7+;;;;;;. The Morgan fingerprint density at radius 3 is 1.14 bits per heavy atom. The smallest absolute Gasteiger partial charge is 0.553 e. The number of carboxylic acid groups (broad SMARTS) is 2. The number of alkyl halides is 3. The maximum absolute atomic E-state index is 12.6. The Morgan fingerprint density at radius 2 is 0.833 bits per heavy atom. The molecule has 8 aromatic carbocycles. The van der Waals surface area contributed by atoms with Crippen molar-refractivity contribution in [3.63, 3.8) is 0 Å². The number of ether oxygens (including phenoxy) is 2. The average Bonchev–Trinajstić information content (AvgIpc) is 2.68. The number of carbonyl (C=O) groups is 7. The third-order valence-corrected chi connectivity index (χ3v) is 12.0. The average molecular weight is 1370 g/mol. The van der Waals surface area contributed by atoms with Gasteiger partial charge in [-0.3, -0.25) is 14.4 Å². The molecule has 0 bridgehead atoms. The second kappa shape index (κ2) is 42.6. The molecule has 8 rings (SSSR count). The van der Waals surface area contributed by atoms with E-state index in [9.17, 15) is 46.7 Å². The van der Waals surface area contributed by atoms with E-state index in [4.69, 9.17) is 27.1 Å². The van der Waals surface area contributed by atoms with Crippen molar-refractivity contribution in [1.29, 1.82) is 0 Å². The summed E-state index contributed by atoms with van der Waals surface area (Å²) in [6, 6.07) is 54.3. The van der Waals surface area contributed by atoms with E-state index in [-0.39, 0.29) is 46.9 Å². The largest absolute Gasteiger partial charge is 1.00 e. The molecule has 9 N–H and O–H groups in total. The number of carbonyl (C=O) groups excluding carboxylic acids is 5. The summed E-state index contributed by atoms with van der Waals surface area (Å²) in [5.74, 6) is 1.18. The molecular weight excluding hydrogens is 1310 g/mol. The first-order chi connectivity index (χ1) is 42.3. The monoisotopic (exact) mass is 1370 g/mol. The Balaban J connectivity index is 0.000000563. The summed E-state index contributed by atoms with van der Waals surface area (Å²) >= 11 is 6.54. The molecule has 0 saturated carbocycles. The molecule has 0 spiro atoms. The van der Waals surface area contributed by atoms with Crippen molar-refractivity contribution in [2.75, 3.05) is 35.9 Å². The van der Waals surface area contributed by atoms with Crippen LogP contribution in [-0.2, 0) is 30.0 Å². The molecule has 0 aromatic heterocycles. The minimum absolute atomic E-state index is 0. The van der Waals surface area contributed by atoms with E-state index in [0.29, 0.717) is 33.8 Å². The van der Waals surface area contributed by atoms with E-state index in [2.05, 4.69) is 63.9 Å². The van der Waals surface area contributed by atoms with E-state index in [1.807, 2.05) is 99.6 Å². The number of rotatable bonds is 12. The number of aliphatic carboxylic acids is 1. The summed E-state index contributed by atoms with van der Waals surface area (Å²) < 4.78 is 48.3. The third kappa shape index (κ3) is 32.6. The molecule has 23 heteroatoms. The van der Waals surface area contributed by atoms with E-state index in [1.165, 1.54) is 38.5 Å². The van der Waals surface area contributed by atoms with Gasteiger partial charge in [-0.25, -0.2) is 19.2 Å². The molecule has 0 aliphatic heterocycles. The predicted octanol–water partition coefficient (Wildman–Crippen LogP) is 13.0. The van der Waals surface area contributed by atoms with Crippen LogP contribution in [0.25, 0.3) is 18.0 Å². The van der Waals surface area contributed by atoms with E-state index in [0.717, 1.165) is 66.7 Å². The summed E-state index contributed by atoms with van der Waals surface area (Å²) in [5, 5.41) is 31.5. The van der Waals surface area contributed by atoms with Crippen molar-refractivity contribution < 1.29 is 101 Å². The Hall–Kier alpha value is -9.26. The molecule has 0 unspecified atom stereocenters. The van der Waals surface area contributed by atoms with Crippen LogP contribution in [-0.4, -0.2) is 71.2 Å². The Bertz CT molecular complexity index is 3650. The van der Waals surface area contributed by atoms with E-state index in [1.54, 1.807) is 97.1 Å². The van der Waals surface area contributed by atoms with Gasteiger partial charge in [0.25, 0.3) is 17.7 Å². The van der Waals surface area contributed by atoms with Gasteiger partial charge in [-0.05, 0) is 171 Å². The number of hydrogen-bond acceptors (Lipinski definition) is 11. The second-order valence-electron chi connectivity index (χ2n) is 17.9. The molecule has 0 atom stereocenters. The minimum atomic E-state index is -4.46. The Kier molecular flexibility index (Phi) is 37.3. The predicted molar refractivity (Wildman–Crippen MR) is 347 cm³/mol. The fourth-order valence-electron chi connectivity index (χ4n) is 6.63. The van der Waals surface area contributed by atoms with Gasteiger partial charge in [0, 0.05) is 66.6 Å². The maximum atomic E-state index is 12.6. The van der Waals surface area contributed by atoms with Crippen LogP contribution < -0.4 is 51.2 Å². The normalized spacial score (nSPS) is 9.87. The number of methoxy groups -OCH3 is 2. The minimum Gasteiger partial charge on any atom is -0.553 e. The molecule has 3 amide bonds. The molecule has 0 aliphatic carbocycles. The van der Waals surface area contributed by atoms with Gasteiger partial charge >= 0.3 is 59.6 Å². The second-order valence-corrected chi connectivity index (χ2v) is 19.7. The number of anilines is 4. The number of hydrogen-bond donors (Lipinski definition) is 7. The van der Waals surface area contributed by atoms with Crippen molar-refractivity contribution >= 4 is 108 Å². The van der Waals surface area contributed by atoms with Crippen LogP contribution in [0, 0.1) is 20.8 Å². The molecule has 0 radical (unpaired) electrons. The zero-order valence-corrected chi connectivity index (χ0v) is 54.7. The number of amides is 3. The van der Waals surface area contributed by atoms with Crippen LogP contribution in [0.1, 0.15) is 74.8 Å². The van der Waals surface area contributed by atoms with Crippen LogP contribution in [0.4, 0.5) is 35.9 Å². The van der Waals surface area contributed by atoms with Gasteiger partial charge in [-0.2, -0.15) is 13.2 Å². The topological polar surface area (TPSA) is 285 Å². The Labute approximate surface area is 557 Å². The molecule has 0 heterocycles.